The van der Waals surface area contributed by atoms with Crippen LogP contribution < -0.4 is 5.73 Å². The van der Waals surface area contributed by atoms with Crippen LogP contribution in [0.5, 0.6) is 0 Å². The first-order valence-electron chi connectivity index (χ1n) is 4.84. The number of hydrogen-bond acceptors (Lipinski definition) is 7. The van der Waals surface area contributed by atoms with E-state index in [0.717, 1.165) is 0 Å². The number of nitrogens with two attached hydrogens (primary N) is 1. The molecule has 16 heavy (non-hydrogen) atoms. The molecule has 0 aromatic carbocycles. The van der Waals surface area contributed by atoms with E-state index in [4.69, 9.17) is 15.0 Å². The molecule has 8 nitrogen and oxygen atoms in total. The van der Waals surface area contributed by atoms with Crippen molar-refractivity contribution in [1.29, 1.82) is 0 Å². The third-order valence-electron chi connectivity index (χ3n) is 2.53. The summed E-state index contributed by atoms with van der Waals surface area (Å²) >= 11 is 0. The van der Waals surface area contributed by atoms with Gasteiger partial charge in [0.15, 0.2) is 5.82 Å². The molecule has 2 aromatic heterocycles. The van der Waals surface area contributed by atoms with E-state index in [9.17, 15) is 0 Å². The second-order valence-corrected chi connectivity index (χ2v) is 3.72. The van der Waals surface area contributed by atoms with E-state index >= 15 is 0 Å². The van der Waals surface area contributed by atoms with Crippen LogP contribution in [0.4, 0.5) is 0 Å². The van der Waals surface area contributed by atoms with Crippen molar-refractivity contribution in [3.8, 4) is 11.6 Å². The first kappa shape index (κ1) is 9.43. The molecule has 1 aliphatic heterocycles. The van der Waals surface area contributed by atoms with Crippen LogP contribution in [0.25, 0.3) is 11.6 Å². The van der Waals surface area contributed by atoms with Crippen LogP contribution in [0.15, 0.2) is 10.9 Å². The van der Waals surface area contributed by atoms with E-state index < -0.39 is 5.54 Å². The molecule has 3 rings (SSSR count). The molecule has 0 bridgehead atoms. The second-order valence-electron chi connectivity index (χ2n) is 3.72. The quantitative estimate of drug-likeness (QED) is 0.698. The zero-order valence-electron chi connectivity index (χ0n) is 8.38. The van der Waals surface area contributed by atoms with E-state index in [1.54, 1.807) is 0 Å². The van der Waals surface area contributed by atoms with Crippen LogP contribution >= 0.6 is 0 Å². The number of rotatable bonds is 2. The Bertz CT molecular complexity index is 472. The highest BCUT2D eigenvalue weighted by Gasteiger charge is 2.38. The summed E-state index contributed by atoms with van der Waals surface area (Å²) in [7, 11) is 0. The molecule has 3 heterocycles. The molecule has 0 amide bonds. The van der Waals surface area contributed by atoms with Crippen LogP contribution in [0, 0.1) is 0 Å². The monoisotopic (exact) mass is 222 g/mol. The number of H-pyrrole nitrogens is 1. The summed E-state index contributed by atoms with van der Waals surface area (Å²) < 4.78 is 10.3. The minimum Gasteiger partial charge on any atom is -0.379 e. The van der Waals surface area contributed by atoms with Gasteiger partial charge >= 0.3 is 0 Å². The normalized spacial score (nSPS) is 25.1. The average Bonchev–Trinajstić information content (AvgIpc) is 2.98. The Labute approximate surface area is 90.2 Å². The molecule has 0 spiro atoms. The maximum atomic E-state index is 6.08. The topological polar surface area (TPSA) is 116 Å². The SMILES string of the molecule is NC1(c2nc(-c3ncn[nH]3)no2)CCOC1. The van der Waals surface area contributed by atoms with Crippen LogP contribution in [0.1, 0.15) is 12.3 Å². The number of hydrogen-bond donors (Lipinski definition) is 2. The zero-order chi connectivity index (χ0) is 11.0. The van der Waals surface area contributed by atoms with Crippen molar-refractivity contribution >= 4 is 0 Å². The molecule has 8 heteroatoms. The fourth-order valence-corrected chi connectivity index (χ4v) is 1.58. The Hall–Kier alpha value is -1.80. The largest absolute Gasteiger partial charge is 0.379 e. The molecular weight excluding hydrogens is 212 g/mol. The predicted molar refractivity (Wildman–Crippen MR) is 51.0 cm³/mol. The Morgan fingerprint density at radius 1 is 1.50 bits per heavy atom. The predicted octanol–water partition coefficient (Wildman–Crippen LogP) is -0.571. The molecule has 0 saturated carbocycles. The van der Waals surface area contributed by atoms with E-state index in [0.29, 0.717) is 37.2 Å². The van der Waals surface area contributed by atoms with E-state index in [2.05, 4.69) is 25.3 Å². The van der Waals surface area contributed by atoms with Crippen molar-refractivity contribution in [2.75, 3.05) is 13.2 Å². The lowest BCUT2D eigenvalue weighted by molar-refractivity contribution is 0.166. The Morgan fingerprint density at radius 3 is 3.12 bits per heavy atom. The number of nitrogens with one attached hydrogen (secondary N) is 1. The number of nitrogens with zero attached hydrogens (tertiary/aromatic N) is 4. The molecule has 1 atom stereocenters. The van der Waals surface area contributed by atoms with E-state index in [1.807, 2.05) is 0 Å². The van der Waals surface area contributed by atoms with Gasteiger partial charge in [-0.2, -0.15) is 10.1 Å². The Morgan fingerprint density at radius 2 is 2.44 bits per heavy atom. The fraction of sp³-hybridized carbons (Fsp3) is 0.500. The molecule has 1 unspecified atom stereocenters. The molecule has 3 N–H and O–H groups in total. The minimum atomic E-state index is -0.675. The first-order valence-corrected chi connectivity index (χ1v) is 4.84. The lowest BCUT2D eigenvalue weighted by Gasteiger charge is -2.14. The third kappa shape index (κ3) is 1.39. The van der Waals surface area contributed by atoms with Crippen LogP contribution in [-0.4, -0.2) is 38.5 Å². The van der Waals surface area contributed by atoms with Gasteiger partial charge in [0.1, 0.15) is 11.9 Å². The summed E-state index contributed by atoms with van der Waals surface area (Å²) in [5.41, 5.74) is 5.40. The number of aromatic amines is 1. The summed E-state index contributed by atoms with van der Waals surface area (Å²) in [6, 6.07) is 0. The van der Waals surface area contributed by atoms with Gasteiger partial charge < -0.3 is 15.0 Å². The third-order valence-corrected chi connectivity index (χ3v) is 2.53. The first-order chi connectivity index (χ1) is 7.78. The Kier molecular flexibility index (Phi) is 1.98. The van der Waals surface area contributed by atoms with Gasteiger partial charge in [0, 0.05) is 6.61 Å². The van der Waals surface area contributed by atoms with Crippen molar-refractivity contribution in [3.05, 3.63) is 12.2 Å². The van der Waals surface area contributed by atoms with Gasteiger partial charge in [-0.1, -0.05) is 5.16 Å². The summed E-state index contributed by atoms with van der Waals surface area (Å²) in [6.45, 7) is 1.00. The van der Waals surface area contributed by atoms with Crippen molar-refractivity contribution in [2.45, 2.75) is 12.0 Å². The van der Waals surface area contributed by atoms with Gasteiger partial charge in [-0.25, -0.2) is 4.98 Å². The summed E-state index contributed by atoms with van der Waals surface area (Å²) in [6.07, 6.45) is 2.05. The van der Waals surface area contributed by atoms with Crippen LogP contribution in [-0.2, 0) is 10.3 Å². The summed E-state index contributed by atoms with van der Waals surface area (Å²) in [5.74, 6) is 1.18. The number of aromatic nitrogens is 5. The highest BCUT2D eigenvalue weighted by atomic mass is 16.5. The highest BCUT2D eigenvalue weighted by molar-refractivity contribution is 5.40. The van der Waals surface area contributed by atoms with Gasteiger partial charge in [0.05, 0.1) is 6.61 Å². The highest BCUT2D eigenvalue weighted by Crippen LogP contribution is 2.27. The van der Waals surface area contributed by atoms with Gasteiger partial charge in [-0.05, 0) is 6.42 Å². The van der Waals surface area contributed by atoms with Gasteiger partial charge in [0.2, 0.25) is 11.7 Å². The van der Waals surface area contributed by atoms with E-state index in [-0.39, 0.29) is 0 Å². The van der Waals surface area contributed by atoms with Gasteiger partial charge in [-0.3, -0.25) is 5.10 Å². The lowest BCUT2D eigenvalue weighted by atomic mass is 10.0. The molecule has 2 aromatic rings. The van der Waals surface area contributed by atoms with Gasteiger partial charge in [0.25, 0.3) is 0 Å². The maximum Gasteiger partial charge on any atom is 0.249 e. The van der Waals surface area contributed by atoms with Crippen LogP contribution in [0.3, 0.4) is 0 Å². The van der Waals surface area contributed by atoms with Crippen molar-refractivity contribution in [2.24, 2.45) is 5.73 Å². The average molecular weight is 222 g/mol. The fourth-order valence-electron chi connectivity index (χ4n) is 1.58. The minimum absolute atomic E-state index is 0.351. The lowest BCUT2D eigenvalue weighted by Crippen LogP contribution is -2.37. The Balaban J connectivity index is 1.93. The van der Waals surface area contributed by atoms with Crippen LogP contribution in [0.2, 0.25) is 0 Å². The van der Waals surface area contributed by atoms with Crippen molar-refractivity contribution < 1.29 is 9.26 Å². The van der Waals surface area contributed by atoms with Crippen molar-refractivity contribution in [1.82, 2.24) is 25.3 Å². The molecule has 1 aliphatic rings. The smallest absolute Gasteiger partial charge is 0.249 e. The van der Waals surface area contributed by atoms with Crippen molar-refractivity contribution in [3.63, 3.8) is 0 Å². The second kappa shape index (κ2) is 3.35. The van der Waals surface area contributed by atoms with E-state index in [1.165, 1.54) is 6.33 Å². The summed E-state index contributed by atoms with van der Waals surface area (Å²) in [4.78, 5) is 8.12. The zero-order valence-corrected chi connectivity index (χ0v) is 8.38. The number of ether oxygens (including phenoxy) is 1. The molecule has 1 saturated heterocycles. The molecule has 1 fully saturated rings. The maximum absolute atomic E-state index is 6.08. The van der Waals surface area contributed by atoms with Gasteiger partial charge in [-0.15, -0.1) is 0 Å². The molecule has 0 aliphatic carbocycles. The summed E-state index contributed by atoms with van der Waals surface area (Å²) in [5, 5.41) is 10.2. The standard InChI is InChI=1S/C8H10N6O2/c9-8(1-2-15-3-8)7-12-6(14-16-7)5-10-4-11-13-5/h4H,1-3,9H2,(H,10,11,13). The molecule has 0 radical (unpaired) electrons. The molecular formula is C8H10N6O2. The molecule has 84 valence electrons.